The summed E-state index contributed by atoms with van der Waals surface area (Å²) in [7, 11) is -2.70. The Morgan fingerprint density at radius 2 is 1.86 bits per heavy atom. The number of para-hydroxylation sites is 1. The molecule has 0 fully saturated rings. The zero-order chi connectivity index (χ0) is 25.6. The van der Waals surface area contributed by atoms with Crippen LogP contribution in [-0.2, 0) is 14.8 Å². The minimum Gasteiger partial charge on any atom is -0.496 e. The highest BCUT2D eigenvalue weighted by molar-refractivity contribution is 9.10. The zero-order valence-electron chi connectivity index (χ0n) is 18.7. The number of nitro groups is 1. The number of nitro benzene ring substituents is 1. The molecule has 10 nitrogen and oxygen atoms in total. The van der Waals surface area contributed by atoms with Gasteiger partial charge >= 0.3 is 0 Å². The van der Waals surface area contributed by atoms with Crippen LogP contribution in [0.5, 0.6) is 5.75 Å². The average Bonchev–Trinajstić information content (AvgIpc) is 2.83. The van der Waals surface area contributed by atoms with Gasteiger partial charge in [-0.05, 0) is 59.3 Å². The van der Waals surface area contributed by atoms with Crippen LogP contribution in [0.2, 0.25) is 0 Å². The molecule has 0 aromatic heterocycles. The summed E-state index contributed by atoms with van der Waals surface area (Å²) in [5, 5.41) is 14.9. The number of sulfonamides is 1. The number of hydrazone groups is 1. The van der Waals surface area contributed by atoms with Crippen molar-refractivity contribution in [3.63, 3.8) is 0 Å². The monoisotopic (exact) mass is 560 g/mol. The summed E-state index contributed by atoms with van der Waals surface area (Å²) in [6, 6.07) is 16.8. The molecule has 0 saturated heterocycles. The Balaban J connectivity index is 1.88. The lowest BCUT2D eigenvalue weighted by Gasteiger charge is -2.24. The third kappa shape index (κ3) is 6.22. The zero-order valence-corrected chi connectivity index (χ0v) is 21.1. The van der Waals surface area contributed by atoms with Crippen molar-refractivity contribution in [3.05, 3.63) is 92.4 Å². The fraction of sp³-hybridized carbons (Fsp3) is 0.130. The molecular formula is C23H21BrN4O6S. The lowest BCUT2D eigenvalue weighted by atomic mass is 10.2. The first-order valence-electron chi connectivity index (χ1n) is 10.1. The normalized spacial score (nSPS) is 11.3. The van der Waals surface area contributed by atoms with Crippen molar-refractivity contribution >= 4 is 49.4 Å². The molecule has 0 heterocycles. The number of nitrogens with zero attached hydrogens (tertiary/aromatic N) is 3. The number of amides is 1. The number of aryl methyl sites for hydroxylation is 1. The van der Waals surface area contributed by atoms with E-state index in [1.807, 2.05) is 6.92 Å². The van der Waals surface area contributed by atoms with Gasteiger partial charge in [-0.2, -0.15) is 5.10 Å². The highest BCUT2D eigenvalue weighted by Crippen LogP contribution is 2.30. The highest BCUT2D eigenvalue weighted by atomic mass is 79.9. The van der Waals surface area contributed by atoms with E-state index in [1.54, 1.807) is 30.3 Å². The van der Waals surface area contributed by atoms with Gasteiger partial charge in [0, 0.05) is 6.07 Å². The molecule has 0 radical (unpaired) electrons. The van der Waals surface area contributed by atoms with E-state index in [4.69, 9.17) is 4.74 Å². The summed E-state index contributed by atoms with van der Waals surface area (Å²) in [4.78, 5) is 23.2. The van der Waals surface area contributed by atoms with Crippen LogP contribution in [0.4, 0.5) is 11.4 Å². The van der Waals surface area contributed by atoms with E-state index in [0.717, 1.165) is 16.1 Å². The number of nitrogens with one attached hydrogen (secondary N) is 1. The van der Waals surface area contributed by atoms with E-state index < -0.39 is 27.4 Å². The van der Waals surface area contributed by atoms with Gasteiger partial charge in [-0.25, -0.2) is 13.8 Å². The van der Waals surface area contributed by atoms with Crippen LogP contribution in [0.1, 0.15) is 11.1 Å². The molecule has 0 aliphatic heterocycles. The van der Waals surface area contributed by atoms with Gasteiger partial charge in [-0.15, -0.1) is 0 Å². The van der Waals surface area contributed by atoms with Crippen molar-refractivity contribution in [1.29, 1.82) is 0 Å². The fourth-order valence-electron chi connectivity index (χ4n) is 3.06. The Labute approximate surface area is 210 Å². The molecule has 0 saturated carbocycles. The first-order valence-corrected chi connectivity index (χ1v) is 12.3. The standard InChI is InChI=1S/C23H21BrN4O6S/c1-16-7-9-18(10-8-16)27(35(32,33)19-11-12-22(34-2)20(24)13-19)15-23(29)26-25-14-17-5-3-4-6-21(17)28(30)31/h3-14H,15H2,1-2H3,(H,26,29)/b25-14-. The number of hydrogen-bond donors (Lipinski definition) is 1. The second-order valence-electron chi connectivity index (χ2n) is 7.25. The number of methoxy groups -OCH3 is 1. The quantitative estimate of drug-likeness (QED) is 0.239. The van der Waals surface area contributed by atoms with Crippen LogP contribution in [0, 0.1) is 17.0 Å². The summed E-state index contributed by atoms with van der Waals surface area (Å²) < 4.78 is 33.5. The summed E-state index contributed by atoms with van der Waals surface area (Å²) in [6.07, 6.45) is 1.13. The first-order chi connectivity index (χ1) is 16.6. The molecule has 0 atom stereocenters. The molecule has 0 bridgehead atoms. The molecule has 0 unspecified atom stereocenters. The molecule has 0 spiro atoms. The van der Waals surface area contributed by atoms with Gasteiger partial charge in [0.2, 0.25) is 0 Å². The smallest absolute Gasteiger partial charge is 0.278 e. The number of carbonyl (C=O) groups is 1. The maximum absolute atomic E-state index is 13.5. The van der Waals surface area contributed by atoms with Crippen LogP contribution in [0.15, 0.2) is 81.2 Å². The Morgan fingerprint density at radius 1 is 1.17 bits per heavy atom. The average molecular weight is 561 g/mol. The second kappa shape index (κ2) is 11.1. The minimum atomic E-state index is -4.16. The molecule has 1 amide bonds. The van der Waals surface area contributed by atoms with E-state index in [1.165, 1.54) is 43.5 Å². The highest BCUT2D eigenvalue weighted by Gasteiger charge is 2.28. The Kier molecular flexibility index (Phi) is 8.20. The van der Waals surface area contributed by atoms with Gasteiger partial charge in [0.1, 0.15) is 12.3 Å². The molecule has 12 heteroatoms. The van der Waals surface area contributed by atoms with E-state index in [-0.39, 0.29) is 21.8 Å². The van der Waals surface area contributed by atoms with Crippen molar-refractivity contribution < 1.29 is 22.9 Å². The number of hydrogen-bond acceptors (Lipinski definition) is 7. The number of ether oxygens (including phenoxy) is 1. The topological polar surface area (TPSA) is 131 Å². The van der Waals surface area contributed by atoms with Gasteiger partial charge in [0.25, 0.3) is 21.6 Å². The number of rotatable bonds is 9. The number of halogens is 1. The molecule has 182 valence electrons. The molecule has 0 aliphatic carbocycles. The van der Waals surface area contributed by atoms with E-state index >= 15 is 0 Å². The number of carbonyl (C=O) groups excluding carboxylic acids is 1. The third-order valence-electron chi connectivity index (χ3n) is 4.85. The Bertz CT molecular complexity index is 1380. The maximum Gasteiger partial charge on any atom is 0.278 e. The van der Waals surface area contributed by atoms with E-state index in [9.17, 15) is 23.3 Å². The molecular weight excluding hydrogens is 540 g/mol. The SMILES string of the molecule is COc1ccc(S(=O)(=O)N(CC(=O)N/N=C\c2ccccc2[N+](=O)[O-])c2ccc(C)cc2)cc1Br. The fourth-order valence-corrected chi connectivity index (χ4v) is 5.20. The molecule has 3 aromatic rings. The van der Waals surface area contributed by atoms with Crippen molar-refractivity contribution in [2.24, 2.45) is 5.10 Å². The molecule has 3 rings (SSSR count). The third-order valence-corrected chi connectivity index (χ3v) is 7.24. The predicted octanol–water partition coefficient (Wildman–Crippen LogP) is 4.02. The number of benzene rings is 3. The van der Waals surface area contributed by atoms with Crippen LogP contribution in [0.25, 0.3) is 0 Å². The summed E-state index contributed by atoms with van der Waals surface area (Å²) >= 11 is 3.28. The predicted molar refractivity (Wildman–Crippen MR) is 135 cm³/mol. The summed E-state index contributed by atoms with van der Waals surface area (Å²) in [5.74, 6) is -0.288. The first kappa shape index (κ1) is 25.8. The van der Waals surface area contributed by atoms with Crippen molar-refractivity contribution in [1.82, 2.24) is 5.43 Å². The van der Waals surface area contributed by atoms with Gasteiger partial charge in [0.15, 0.2) is 0 Å². The van der Waals surface area contributed by atoms with Crippen molar-refractivity contribution in [2.45, 2.75) is 11.8 Å². The minimum absolute atomic E-state index is 0.0537. The van der Waals surface area contributed by atoms with Gasteiger partial charge < -0.3 is 4.74 Å². The van der Waals surface area contributed by atoms with Crippen molar-refractivity contribution in [3.8, 4) is 5.75 Å². The summed E-state index contributed by atoms with van der Waals surface area (Å²) in [5.41, 5.74) is 3.43. The molecule has 35 heavy (non-hydrogen) atoms. The van der Waals surface area contributed by atoms with Crippen LogP contribution < -0.4 is 14.5 Å². The Hall–Kier alpha value is -3.77. The molecule has 1 N–H and O–H groups in total. The Morgan fingerprint density at radius 3 is 2.49 bits per heavy atom. The lowest BCUT2D eigenvalue weighted by Crippen LogP contribution is -2.39. The molecule has 3 aromatic carbocycles. The lowest BCUT2D eigenvalue weighted by molar-refractivity contribution is -0.385. The van der Waals surface area contributed by atoms with Crippen LogP contribution in [-0.4, -0.2) is 39.1 Å². The van der Waals surface area contributed by atoms with E-state index in [2.05, 4.69) is 26.5 Å². The largest absolute Gasteiger partial charge is 0.496 e. The van der Waals surface area contributed by atoms with E-state index in [0.29, 0.717) is 10.2 Å². The number of anilines is 1. The van der Waals surface area contributed by atoms with Crippen molar-refractivity contribution in [2.75, 3.05) is 18.0 Å². The molecule has 0 aliphatic rings. The summed E-state index contributed by atoms with van der Waals surface area (Å²) in [6.45, 7) is 1.27. The van der Waals surface area contributed by atoms with Crippen LogP contribution in [0.3, 0.4) is 0 Å². The van der Waals surface area contributed by atoms with Gasteiger partial charge in [-0.3, -0.25) is 19.2 Å². The van der Waals surface area contributed by atoms with Gasteiger partial charge in [0.05, 0.1) is 38.9 Å². The maximum atomic E-state index is 13.5. The second-order valence-corrected chi connectivity index (χ2v) is 9.97. The van der Waals surface area contributed by atoms with Gasteiger partial charge in [-0.1, -0.05) is 29.8 Å². The van der Waals surface area contributed by atoms with Crippen LogP contribution >= 0.6 is 15.9 Å².